The van der Waals surface area contributed by atoms with Crippen LogP contribution in [-0.4, -0.2) is 42.9 Å². The summed E-state index contributed by atoms with van der Waals surface area (Å²) in [6, 6.07) is 11.6. The summed E-state index contributed by atoms with van der Waals surface area (Å²) in [6.07, 6.45) is 0.463. The smallest absolute Gasteiger partial charge is 0.255 e. The first-order chi connectivity index (χ1) is 12.8. The van der Waals surface area contributed by atoms with Gasteiger partial charge in [0, 0.05) is 27.9 Å². The van der Waals surface area contributed by atoms with Gasteiger partial charge in [0.1, 0.15) is 0 Å². The maximum Gasteiger partial charge on any atom is 0.255 e. The first kappa shape index (κ1) is 20.2. The van der Waals surface area contributed by atoms with Crippen LogP contribution in [0.15, 0.2) is 47.4 Å². The summed E-state index contributed by atoms with van der Waals surface area (Å²) in [5.74, 6) is -0.242. The Morgan fingerprint density at radius 3 is 2.37 bits per heavy atom. The summed E-state index contributed by atoms with van der Waals surface area (Å²) in [7, 11) is -3.58. The standard InChI is InChI=1S/C19H21IN2O4S/c1-13-2-3-14(12-18(13)20)19(24)21-15-4-6-17(7-5-15)27(25,26)22-10-8-16(23)9-11-22/h2-7,12,16,23H,8-11H2,1H3,(H,21,24). The summed E-state index contributed by atoms with van der Waals surface area (Å²) in [5.41, 5.74) is 2.18. The minimum atomic E-state index is -3.58. The molecule has 0 atom stereocenters. The molecule has 0 saturated carbocycles. The molecule has 1 amide bonds. The van der Waals surface area contributed by atoms with Gasteiger partial charge in [-0.1, -0.05) is 6.07 Å². The molecule has 0 aliphatic carbocycles. The van der Waals surface area contributed by atoms with Gasteiger partial charge in [0.05, 0.1) is 11.0 Å². The fourth-order valence-electron chi connectivity index (χ4n) is 2.88. The molecule has 0 aromatic heterocycles. The fourth-order valence-corrected chi connectivity index (χ4v) is 4.86. The van der Waals surface area contributed by atoms with Crippen molar-refractivity contribution in [3.63, 3.8) is 0 Å². The van der Waals surface area contributed by atoms with Gasteiger partial charge in [0.2, 0.25) is 10.0 Å². The van der Waals surface area contributed by atoms with E-state index in [0.29, 0.717) is 37.2 Å². The van der Waals surface area contributed by atoms with Crippen LogP contribution < -0.4 is 5.32 Å². The van der Waals surface area contributed by atoms with Crippen molar-refractivity contribution < 1.29 is 18.3 Å². The summed E-state index contributed by atoms with van der Waals surface area (Å²) >= 11 is 2.18. The highest BCUT2D eigenvalue weighted by atomic mass is 127. The van der Waals surface area contributed by atoms with Gasteiger partial charge < -0.3 is 10.4 Å². The first-order valence-electron chi connectivity index (χ1n) is 8.63. The average molecular weight is 500 g/mol. The molecule has 1 saturated heterocycles. The number of aliphatic hydroxyl groups is 1. The van der Waals surface area contributed by atoms with E-state index in [1.165, 1.54) is 16.4 Å². The molecule has 8 heteroatoms. The minimum Gasteiger partial charge on any atom is -0.393 e. The number of rotatable bonds is 4. The second-order valence-corrected chi connectivity index (χ2v) is 9.68. The number of benzene rings is 2. The van der Waals surface area contributed by atoms with E-state index in [0.717, 1.165) is 9.13 Å². The monoisotopic (exact) mass is 500 g/mol. The summed E-state index contributed by atoms with van der Waals surface area (Å²) in [5, 5.41) is 12.3. The molecular weight excluding hydrogens is 479 g/mol. The fraction of sp³-hybridized carbons (Fsp3) is 0.316. The normalized spacial score (nSPS) is 16.3. The van der Waals surface area contributed by atoms with E-state index in [1.54, 1.807) is 18.2 Å². The van der Waals surface area contributed by atoms with Crippen molar-refractivity contribution >= 4 is 44.2 Å². The Hall–Kier alpha value is -1.49. The lowest BCUT2D eigenvalue weighted by Crippen LogP contribution is -2.39. The molecule has 144 valence electrons. The van der Waals surface area contributed by atoms with Crippen LogP contribution >= 0.6 is 22.6 Å². The number of anilines is 1. The van der Waals surface area contributed by atoms with Crippen molar-refractivity contribution in [2.24, 2.45) is 0 Å². The average Bonchev–Trinajstić information content (AvgIpc) is 2.64. The Morgan fingerprint density at radius 2 is 1.78 bits per heavy atom. The number of hydrogen-bond donors (Lipinski definition) is 2. The van der Waals surface area contributed by atoms with Crippen LogP contribution in [-0.2, 0) is 10.0 Å². The number of carbonyl (C=O) groups is 1. The lowest BCUT2D eigenvalue weighted by atomic mass is 10.1. The summed E-state index contributed by atoms with van der Waals surface area (Å²) in [4.78, 5) is 12.6. The molecule has 2 N–H and O–H groups in total. The van der Waals surface area contributed by atoms with Gasteiger partial charge in [0.25, 0.3) is 5.91 Å². The molecule has 1 aliphatic rings. The van der Waals surface area contributed by atoms with Crippen molar-refractivity contribution in [1.82, 2.24) is 4.31 Å². The van der Waals surface area contributed by atoms with E-state index < -0.39 is 16.1 Å². The van der Waals surface area contributed by atoms with Crippen molar-refractivity contribution in [3.8, 4) is 0 Å². The molecule has 27 heavy (non-hydrogen) atoms. The molecule has 0 unspecified atom stereocenters. The Labute approximate surface area is 172 Å². The van der Waals surface area contributed by atoms with E-state index in [1.807, 2.05) is 19.1 Å². The molecule has 1 fully saturated rings. The zero-order valence-corrected chi connectivity index (χ0v) is 17.8. The van der Waals surface area contributed by atoms with Gasteiger partial charge in [-0.15, -0.1) is 0 Å². The lowest BCUT2D eigenvalue weighted by Gasteiger charge is -2.28. The van der Waals surface area contributed by atoms with E-state index in [-0.39, 0.29) is 10.8 Å². The molecule has 1 heterocycles. The molecule has 0 spiro atoms. The number of halogens is 1. The van der Waals surface area contributed by atoms with Gasteiger partial charge in [-0.05, 0) is 84.3 Å². The molecule has 2 aromatic carbocycles. The SMILES string of the molecule is Cc1ccc(C(=O)Nc2ccc(S(=O)(=O)N3CCC(O)CC3)cc2)cc1I. The summed E-state index contributed by atoms with van der Waals surface area (Å²) < 4.78 is 27.7. The van der Waals surface area contributed by atoms with Crippen LogP contribution in [0.5, 0.6) is 0 Å². The van der Waals surface area contributed by atoms with E-state index in [9.17, 15) is 18.3 Å². The van der Waals surface area contributed by atoms with Gasteiger partial charge in [-0.3, -0.25) is 4.79 Å². The minimum absolute atomic E-state index is 0.182. The topological polar surface area (TPSA) is 86.7 Å². The molecule has 1 aliphatic heterocycles. The lowest BCUT2D eigenvalue weighted by molar-refractivity contribution is 0.102. The molecule has 2 aromatic rings. The van der Waals surface area contributed by atoms with Gasteiger partial charge in [-0.2, -0.15) is 4.31 Å². The van der Waals surface area contributed by atoms with Crippen molar-refractivity contribution in [2.75, 3.05) is 18.4 Å². The number of aliphatic hydroxyl groups excluding tert-OH is 1. The Morgan fingerprint density at radius 1 is 1.15 bits per heavy atom. The van der Waals surface area contributed by atoms with Gasteiger partial charge in [-0.25, -0.2) is 8.42 Å². The zero-order valence-electron chi connectivity index (χ0n) is 14.9. The number of sulfonamides is 1. The van der Waals surface area contributed by atoms with Crippen LogP contribution in [0.3, 0.4) is 0 Å². The largest absolute Gasteiger partial charge is 0.393 e. The molecule has 3 rings (SSSR count). The highest BCUT2D eigenvalue weighted by Crippen LogP contribution is 2.22. The third kappa shape index (κ3) is 4.68. The quantitative estimate of drug-likeness (QED) is 0.633. The molecular formula is C19H21IN2O4S. The highest BCUT2D eigenvalue weighted by molar-refractivity contribution is 14.1. The third-order valence-corrected chi connectivity index (χ3v) is 7.68. The maximum absolute atomic E-state index is 12.7. The Kier molecular flexibility index (Phi) is 6.19. The van der Waals surface area contributed by atoms with Crippen LogP contribution in [0.25, 0.3) is 0 Å². The Bertz CT molecular complexity index is 937. The number of piperidine rings is 1. The Balaban J connectivity index is 1.71. The highest BCUT2D eigenvalue weighted by Gasteiger charge is 2.28. The maximum atomic E-state index is 12.7. The van der Waals surface area contributed by atoms with Crippen molar-refractivity contribution in [2.45, 2.75) is 30.8 Å². The summed E-state index contributed by atoms with van der Waals surface area (Å²) in [6.45, 7) is 2.60. The third-order valence-electron chi connectivity index (χ3n) is 4.61. The number of hydrogen-bond acceptors (Lipinski definition) is 4. The zero-order chi connectivity index (χ0) is 19.6. The van der Waals surface area contributed by atoms with E-state index in [2.05, 4.69) is 27.9 Å². The van der Waals surface area contributed by atoms with Crippen LogP contribution in [0, 0.1) is 10.5 Å². The van der Waals surface area contributed by atoms with Crippen molar-refractivity contribution in [1.29, 1.82) is 0 Å². The van der Waals surface area contributed by atoms with E-state index in [4.69, 9.17) is 0 Å². The number of aryl methyl sites for hydroxylation is 1. The second-order valence-electron chi connectivity index (χ2n) is 6.58. The number of nitrogens with zero attached hydrogens (tertiary/aromatic N) is 1. The number of amides is 1. The van der Waals surface area contributed by atoms with E-state index >= 15 is 0 Å². The number of carbonyl (C=O) groups excluding carboxylic acids is 1. The molecule has 6 nitrogen and oxygen atoms in total. The van der Waals surface area contributed by atoms with Gasteiger partial charge >= 0.3 is 0 Å². The van der Waals surface area contributed by atoms with Crippen molar-refractivity contribution in [3.05, 3.63) is 57.2 Å². The molecule has 0 radical (unpaired) electrons. The second kappa shape index (κ2) is 8.26. The van der Waals surface area contributed by atoms with Gasteiger partial charge in [0.15, 0.2) is 0 Å². The van der Waals surface area contributed by atoms with Crippen LogP contribution in [0.4, 0.5) is 5.69 Å². The first-order valence-corrected chi connectivity index (χ1v) is 11.1. The predicted molar refractivity (Wildman–Crippen MR) is 112 cm³/mol. The number of nitrogens with one attached hydrogen (secondary N) is 1. The molecule has 0 bridgehead atoms. The van der Waals surface area contributed by atoms with Crippen LogP contribution in [0.1, 0.15) is 28.8 Å². The van der Waals surface area contributed by atoms with Crippen LogP contribution in [0.2, 0.25) is 0 Å². The predicted octanol–water partition coefficient (Wildman–Crippen LogP) is 3.00.